The predicted octanol–water partition coefficient (Wildman–Crippen LogP) is 1.51. The zero-order valence-corrected chi connectivity index (χ0v) is 15.6. The van der Waals surface area contributed by atoms with E-state index in [4.69, 9.17) is 14.2 Å². The molecule has 142 valence electrons. The maximum atomic E-state index is 12.1. The predicted molar refractivity (Wildman–Crippen MR) is 96.7 cm³/mol. The van der Waals surface area contributed by atoms with Crippen molar-refractivity contribution in [1.29, 1.82) is 0 Å². The molecular formula is C18H18N2O6S. The molecular weight excluding hydrogens is 372 g/mol. The number of carbonyl (C=O) groups excluding carboxylic acids is 3. The Bertz CT molecular complexity index is 878. The number of hydrogen-bond donors (Lipinski definition) is 2. The summed E-state index contributed by atoms with van der Waals surface area (Å²) in [4.78, 5) is 37.6. The number of aryl methyl sites for hydroxylation is 2. The lowest BCUT2D eigenvalue weighted by molar-refractivity contribution is -0.135. The lowest BCUT2D eigenvalue weighted by atomic mass is 10.2. The number of hydrazine groups is 1. The Labute approximate surface area is 159 Å². The minimum Gasteiger partial charge on any atom is -0.485 e. The van der Waals surface area contributed by atoms with Crippen molar-refractivity contribution in [1.82, 2.24) is 10.9 Å². The van der Waals surface area contributed by atoms with E-state index in [0.29, 0.717) is 17.1 Å². The van der Waals surface area contributed by atoms with E-state index in [1.807, 2.05) is 6.92 Å². The van der Waals surface area contributed by atoms with Crippen LogP contribution < -0.4 is 20.3 Å². The first-order valence-corrected chi connectivity index (χ1v) is 8.97. The monoisotopic (exact) mass is 390 g/mol. The highest BCUT2D eigenvalue weighted by atomic mass is 32.1. The second-order valence-corrected chi connectivity index (χ2v) is 7.27. The standard InChI is InChI=1S/C18H18N2O6S/c1-10-7-12(11(2)27-10)18(23)25-9-16(21)19-20-17(22)15-8-24-13-5-3-4-6-14(13)26-15/h3-7,15H,8-9H2,1-2H3,(H,19,21)(H,20,22)/t15-/m1/s1. The summed E-state index contributed by atoms with van der Waals surface area (Å²) in [6.45, 7) is 3.19. The van der Waals surface area contributed by atoms with Crippen LogP contribution >= 0.6 is 11.3 Å². The number of para-hydroxylation sites is 2. The van der Waals surface area contributed by atoms with Gasteiger partial charge < -0.3 is 14.2 Å². The highest BCUT2D eigenvalue weighted by Crippen LogP contribution is 2.30. The van der Waals surface area contributed by atoms with Crippen LogP contribution in [0.5, 0.6) is 11.5 Å². The number of hydrogen-bond acceptors (Lipinski definition) is 7. The van der Waals surface area contributed by atoms with Gasteiger partial charge in [-0.3, -0.25) is 20.4 Å². The highest BCUT2D eigenvalue weighted by Gasteiger charge is 2.27. The largest absolute Gasteiger partial charge is 0.485 e. The van der Waals surface area contributed by atoms with E-state index < -0.39 is 30.5 Å². The molecule has 0 unspecified atom stereocenters. The molecule has 0 aliphatic carbocycles. The van der Waals surface area contributed by atoms with Gasteiger partial charge in [0.2, 0.25) is 6.10 Å². The van der Waals surface area contributed by atoms with Gasteiger partial charge in [0.05, 0.1) is 5.56 Å². The zero-order chi connectivity index (χ0) is 19.4. The molecule has 27 heavy (non-hydrogen) atoms. The van der Waals surface area contributed by atoms with Gasteiger partial charge in [-0.2, -0.15) is 0 Å². The molecule has 1 atom stereocenters. The Hall–Kier alpha value is -3.07. The Morgan fingerprint density at radius 2 is 1.93 bits per heavy atom. The third-order valence-electron chi connectivity index (χ3n) is 3.72. The third-order valence-corrected chi connectivity index (χ3v) is 4.69. The molecule has 8 nitrogen and oxygen atoms in total. The number of benzene rings is 1. The number of nitrogens with one attached hydrogen (secondary N) is 2. The van der Waals surface area contributed by atoms with Crippen LogP contribution in [0.2, 0.25) is 0 Å². The molecule has 0 fully saturated rings. The van der Waals surface area contributed by atoms with Crippen LogP contribution in [0.3, 0.4) is 0 Å². The second-order valence-electron chi connectivity index (χ2n) is 5.80. The minimum atomic E-state index is -0.904. The smallest absolute Gasteiger partial charge is 0.339 e. The van der Waals surface area contributed by atoms with Crippen molar-refractivity contribution < 1.29 is 28.6 Å². The average Bonchev–Trinajstić information content (AvgIpc) is 3.01. The Kier molecular flexibility index (Phi) is 5.60. The van der Waals surface area contributed by atoms with Gasteiger partial charge in [0.15, 0.2) is 18.1 Å². The maximum Gasteiger partial charge on any atom is 0.339 e. The van der Waals surface area contributed by atoms with E-state index in [-0.39, 0.29) is 6.61 Å². The van der Waals surface area contributed by atoms with Crippen LogP contribution in [0.15, 0.2) is 30.3 Å². The molecule has 2 N–H and O–H groups in total. The molecule has 0 saturated carbocycles. The summed E-state index contributed by atoms with van der Waals surface area (Å²) in [5, 5.41) is 0. The Morgan fingerprint density at radius 3 is 2.63 bits per heavy atom. The van der Waals surface area contributed by atoms with Crippen molar-refractivity contribution in [2.24, 2.45) is 0 Å². The minimum absolute atomic E-state index is 0.0183. The molecule has 1 aliphatic rings. The van der Waals surface area contributed by atoms with E-state index >= 15 is 0 Å². The van der Waals surface area contributed by atoms with Gasteiger partial charge in [-0.05, 0) is 32.0 Å². The summed E-state index contributed by atoms with van der Waals surface area (Å²) in [6.07, 6.45) is -0.904. The molecule has 1 aliphatic heterocycles. The third kappa shape index (κ3) is 4.56. The van der Waals surface area contributed by atoms with Crippen molar-refractivity contribution in [3.63, 3.8) is 0 Å². The molecule has 2 aromatic rings. The number of amides is 2. The van der Waals surface area contributed by atoms with Gasteiger partial charge in [-0.1, -0.05) is 12.1 Å². The molecule has 0 radical (unpaired) electrons. The fourth-order valence-corrected chi connectivity index (χ4v) is 3.35. The van der Waals surface area contributed by atoms with Crippen LogP contribution in [-0.4, -0.2) is 37.1 Å². The van der Waals surface area contributed by atoms with Crippen molar-refractivity contribution >= 4 is 29.1 Å². The number of rotatable bonds is 4. The molecule has 0 bridgehead atoms. The fraction of sp³-hybridized carbons (Fsp3) is 0.278. The topological polar surface area (TPSA) is 103 Å². The van der Waals surface area contributed by atoms with Crippen molar-refractivity contribution in [3.05, 3.63) is 45.6 Å². The van der Waals surface area contributed by atoms with Crippen molar-refractivity contribution in [3.8, 4) is 11.5 Å². The van der Waals surface area contributed by atoms with Gasteiger partial charge in [-0.25, -0.2) is 4.79 Å². The second kappa shape index (κ2) is 8.09. The SMILES string of the molecule is Cc1cc(C(=O)OCC(=O)NNC(=O)[C@H]2COc3ccccc3O2)c(C)s1. The molecule has 2 heterocycles. The van der Waals surface area contributed by atoms with Gasteiger partial charge in [0, 0.05) is 9.75 Å². The van der Waals surface area contributed by atoms with Crippen molar-refractivity contribution in [2.45, 2.75) is 20.0 Å². The number of carbonyl (C=O) groups is 3. The number of esters is 1. The van der Waals surface area contributed by atoms with E-state index in [2.05, 4.69) is 10.9 Å². The average molecular weight is 390 g/mol. The molecule has 0 spiro atoms. The summed E-state index contributed by atoms with van der Waals surface area (Å²) in [5.74, 6) is -0.826. The summed E-state index contributed by atoms with van der Waals surface area (Å²) >= 11 is 1.47. The summed E-state index contributed by atoms with van der Waals surface area (Å²) in [6, 6.07) is 8.68. The fourth-order valence-electron chi connectivity index (χ4n) is 2.44. The Morgan fingerprint density at radius 1 is 1.19 bits per heavy atom. The normalized spacial score (nSPS) is 15.0. The first-order valence-electron chi connectivity index (χ1n) is 8.15. The first kappa shape index (κ1) is 18.7. The first-order chi connectivity index (χ1) is 12.9. The van der Waals surface area contributed by atoms with Crippen LogP contribution in [0.25, 0.3) is 0 Å². The number of ether oxygens (including phenoxy) is 3. The molecule has 2 amide bonds. The lowest BCUT2D eigenvalue weighted by Gasteiger charge is -2.25. The maximum absolute atomic E-state index is 12.1. The number of thiophene rings is 1. The van der Waals surface area contributed by atoms with Crippen LogP contribution in [0.1, 0.15) is 20.1 Å². The molecule has 1 aromatic heterocycles. The van der Waals surface area contributed by atoms with E-state index in [1.165, 1.54) is 11.3 Å². The van der Waals surface area contributed by atoms with E-state index in [1.54, 1.807) is 37.3 Å². The van der Waals surface area contributed by atoms with Crippen molar-refractivity contribution in [2.75, 3.05) is 13.2 Å². The van der Waals surface area contributed by atoms with Crippen LogP contribution in [-0.2, 0) is 14.3 Å². The summed E-state index contributed by atoms with van der Waals surface area (Å²) in [7, 11) is 0. The lowest BCUT2D eigenvalue weighted by Crippen LogP contribution is -2.51. The molecule has 3 rings (SSSR count). The van der Waals surface area contributed by atoms with Gasteiger partial charge in [0.1, 0.15) is 6.61 Å². The molecule has 0 saturated heterocycles. The number of fused-ring (bicyclic) bond motifs is 1. The zero-order valence-electron chi connectivity index (χ0n) is 14.7. The highest BCUT2D eigenvalue weighted by molar-refractivity contribution is 7.12. The van der Waals surface area contributed by atoms with Crippen LogP contribution in [0.4, 0.5) is 0 Å². The molecule has 1 aromatic carbocycles. The summed E-state index contributed by atoms with van der Waals surface area (Å²) in [5.41, 5.74) is 4.84. The quantitative estimate of drug-likeness (QED) is 0.606. The summed E-state index contributed by atoms with van der Waals surface area (Å²) < 4.78 is 15.9. The van der Waals surface area contributed by atoms with Gasteiger partial charge in [0.25, 0.3) is 11.8 Å². The Balaban J connectivity index is 1.43. The van der Waals surface area contributed by atoms with E-state index in [9.17, 15) is 14.4 Å². The van der Waals surface area contributed by atoms with Crippen LogP contribution in [0, 0.1) is 13.8 Å². The molecule has 9 heteroatoms. The van der Waals surface area contributed by atoms with Gasteiger partial charge in [-0.15, -0.1) is 11.3 Å². The van der Waals surface area contributed by atoms with E-state index in [0.717, 1.165) is 9.75 Å². The van der Waals surface area contributed by atoms with Gasteiger partial charge >= 0.3 is 5.97 Å².